The Kier molecular flexibility index (Phi) is 5.81. The number of piperidine rings is 1. The van der Waals surface area contributed by atoms with Crippen LogP contribution in [0.5, 0.6) is 0 Å². The largest absolute Gasteiger partial charge is 0.346 e. The molecule has 1 atom stereocenters. The second kappa shape index (κ2) is 7.82. The minimum Gasteiger partial charge on any atom is -0.346 e. The molecule has 3 N–H and O–H groups in total. The maximum Gasteiger partial charge on any atom is 0.241 e. The molecule has 0 spiro atoms. The number of carbonyl (C=O) groups is 3. The number of amides is 2. The van der Waals surface area contributed by atoms with Gasteiger partial charge < -0.3 is 16.0 Å². The predicted molar refractivity (Wildman–Crippen MR) is 82.1 cm³/mol. The van der Waals surface area contributed by atoms with Crippen LogP contribution in [0.15, 0.2) is 24.3 Å². The standard InChI is InChI=1S/C16H20FN3O3/c17-13-5-3-11(4-6-13)16(23)12-2-1-7-20(10-12)15(22)9-19-14(21)8-18/h3-6,12H,1-2,7-10,18H2,(H,19,21). The van der Waals surface area contributed by atoms with Crippen LogP contribution in [0.3, 0.4) is 0 Å². The van der Waals surface area contributed by atoms with Crippen molar-refractivity contribution in [3.05, 3.63) is 35.6 Å². The van der Waals surface area contributed by atoms with Crippen molar-refractivity contribution in [2.45, 2.75) is 12.8 Å². The van der Waals surface area contributed by atoms with Gasteiger partial charge in [-0.2, -0.15) is 0 Å². The van der Waals surface area contributed by atoms with Crippen molar-refractivity contribution >= 4 is 17.6 Å². The summed E-state index contributed by atoms with van der Waals surface area (Å²) in [6.07, 6.45) is 1.41. The number of likely N-dealkylation sites (tertiary alicyclic amines) is 1. The molecule has 1 aliphatic heterocycles. The molecule has 1 aromatic rings. The Hall–Kier alpha value is -2.28. The molecule has 1 saturated heterocycles. The summed E-state index contributed by atoms with van der Waals surface area (Å²) in [5.41, 5.74) is 5.61. The first-order valence-electron chi connectivity index (χ1n) is 7.55. The minimum atomic E-state index is -0.394. The van der Waals surface area contributed by atoms with E-state index in [4.69, 9.17) is 5.73 Å². The van der Waals surface area contributed by atoms with Gasteiger partial charge in [0.1, 0.15) is 5.82 Å². The molecular weight excluding hydrogens is 301 g/mol. The summed E-state index contributed by atoms with van der Waals surface area (Å²) < 4.78 is 12.9. The van der Waals surface area contributed by atoms with Crippen LogP contribution in [0.1, 0.15) is 23.2 Å². The van der Waals surface area contributed by atoms with Crippen LogP contribution in [0.4, 0.5) is 4.39 Å². The molecule has 0 bridgehead atoms. The lowest BCUT2D eigenvalue weighted by molar-refractivity contribution is -0.133. The van der Waals surface area contributed by atoms with Crippen LogP contribution in [0, 0.1) is 11.7 Å². The van der Waals surface area contributed by atoms with Gasteiger partial charge in [0.05, 0.1) is 13.1 Å². The van der Waals surface area contributed by atoms with Gasteiger partial charge in [0.2, 0.25) is 11.8 Å². The van der Waals surface area contributed by atoms with Crippen LogP contribution in [0.25, 0.3) is 0 Å². The lowest BCUT2D eigenvalue weighted by atomic mass is 9.90. The normalized spacial score (nSPS) is 17.7. The SMILES string of the molecule is NCC(=O)NCC(=O)N1CCCC(C(=O)c2ccc(F)cc2)C1. The van der Waals surface area contributed by atoms with Crippen molar-refractivity contribution in [3.8, 4) is 0 Å². The van der Waals surface area contributed by atoms with Gasteiger partial charge in [-0.15, -0.1) is 0 Å². The van der Waals surface area contributed by atoms with Crippen molar-refractivity contribution < 1.29 is 18.8 Å². The average Bonchev–Trinajstić information content (AvgIpc) is 2.59. The molecular formula is C16H20FN3O3. The summed E-state index contributed by atoms with van der Waals surface area (Å²) in [6.45, 7) is 0.588. The van der Waals surface area contributed by atoms with Crippen LogP contribution < -0.4 is 11.1 Å². The predicted octanol–water partition coefficient (Wildman–Crippen LogP) is 0.322. The summed E-state index contributed by atoms with van der Waals surface area (Å²) >= 11 is 0. The molecule has 0 aromatic heterocycles. The first-order valence-corrected chi connectivity index (χ1v) is 7.55. The third-order valence-corrected chi connectivity index (χ3v) is 3.90. The van der Waals surface area contributed by atoms with Crippen LogP contribution >= 0.6 is 0 Å². The molecule has 7 heteroatoms. The van der Waals surface area contributed by atoms with E-state index in [0.717, 1.165) is 0 Å². The van der Waals surface area contributed by atoms with E-state index >= 15 is 0 Å². The molecule has 1 fully saturated rings. The Morgan fingerprint density at radius 3 is 2.61 bits per heavy atom. The van der Waals surface area contributed by atoms with Gasteiger partial charge in [-0.25, -0.2) is 4.39 Å². The van der Waals surface area contributed by atoms with Crippen molar-refractivity contribution in [1.82, 2.24) is 10.2 Å². The lowest BCUT2D eigenvalue weighted by Crippen LogP contribution is -2.47. The number of ketones is 1. The van der Waals surface area contributed by atoms with E-state index in [-0.39, 0.29) is 30.7 Å². The second-order valence-electron chi connectivity index (χ2n) is 5.53. The molecule has 23 heavy (non-hydrogen) atoms. The highest BCUT2D eigenvalue weighted by Crippen LogP contribution is 2.21. The van der Waals surface area contributed by atoms with Gasteiger partial charge in [-0.3, -0.25) is 14.4 Å². The van der Waals surface area contributed by atoms with Gasteiger partial charge in [0, 0.05) is 24.6 Å². The summed E-state index contributed by atoms with van der Waals surface area (Å²) in [6, 6.07) is 5.42. The fraction of sp³-hybridized carbons (Fsp3) is 0.438. The van der Waals surface area contributed by atoms with Gasteiger partial charge >= 0.3 is 0 Å². The van der Waals surface area contributed by atoms with Crippen molar-refractivity contribution in [3.63, 3.8) is 0 Å². The summed E-state index contributed by atoms with van der Waals surface area (Å²) in [7, 11) is 0. The topological polar surface area (TPSA) is 92.5 Å². The molecule has 0 radical (unpaired) electrons. The van der Waals surface area contributed by atoms with Gasteiger partial charge in [-0.05, 0) is 37.1 Å². The Labute approximate surface area is 133 Å². The van der Waals surface area contributed by atoms with Crippen LogP contribution in [0.2, 0.25) is 0 Å². The van der Waals surface area contributed by atoms with E-state index in [2.05, 4.69) is 5.32 Å². The molecule has 124 valence electrons. The number of nitrogens with one attached hydrogen (secondary N) is 1. The Morgan fingerprint density at radius 2 is 1.96 bits per heavy atom. The van der Waals surface area contributed by atoms with E-state index in [9.17, 15) is 18.8 Å². The maximum absolute atomic E-state index is 12.9. The number of halogens is 1. The molecule has 1 aliphatic rings. The molecule has 0 aliphatic carbocycles. The lowest BCUT2D eigenvalue weighted by Gasteiger charge is -2.32. The number of carbonyl (C=O) groups excluding carboxylic acids is 3. The average molecular weight is 321 g/mol. The number of Topliss-reactive ketones (excluding diaryl/α,β-unsaturated/α-hetero) is 1. The zero-order valence-corrected chi connectivity index (χ0v) is 12.8. The second-order valence-corrected chi connectivity index (χ2v) is 5.53. The fourth-order valence-electron chi connectivity index (χ4n) is 2.63. The fourth-order valence-corrected chi connectivity index (χ4v) is 2.63. The third kappa shape index (κ3) is 4.59. The van der Waals surface area contributed by atoms with E-state index in [1.807, 2.05) is 0 Å². The zero-order valence-electron chi connectivity index (χ0n) is 12.8. The number of rotatable bonds is 5. The summed E-state index contributed by atoms with van der Waals surface area (Å²) in [5, 5.41) is 2.43. The Balaban J connectivity index is 1.94. The molecule has 2 rings (SSSR count). The molecule has 1 unspecified atom stereocenters. The van der Waals surface area contributed by atoms with Gasteiger partial charge in [-0.1, -0.05) is 0 Å². The van der Waals surface area contributed by atoms with Gasteiger partial charge in [0.15, 0.2) is 5.78 Å². The maximum atomic E-state index is 12.9. The number of nitrogens with zero attached hydrogens (tertiary/aromatic N) is 1. The number of nitrogens with two attached hydrogens (primary N) is 1. The van der Waals surface area contributed by atoms with E-state index in [1.165, 1.54) is 24.3 Å². The van der Waals surface area contributed by atoms with Crippen LogP contribution in [-0.2, 0) is 9.59 Å². The van der Waals surface area contributed by atoms with Crippen LogP contribution in [-0.4, -0.2) is 48.7 Å². The monoisotopic (exact) mass is 321 g/mol. The molecule has 1 aromatic carbocycles. The Bertz CT molecular complexity index is 589. The number of benzene rings is 1. The van der Waals surface area contributed by atoms with Crippen molar-refractivity contribution in [2.24, 2.45) is 11.7 Å². The molecule has 6 nitrogen and oxygen atoms in total. The molecule has 1 heterocycles. The summed E-state index contributed by atoms with van der Waals surface area (Å²) in [4.78, 5) is 37.2. The quantitative estimate of drug-likeness (QED) is 0.764. The highest BCUT2D eigenvalue weighted by atomic mass is 19.1. The van der Waals surface area contributed by atoms with E-state index in [0.29, 0.717) is 31.5 Å². The third-order valence-electron chi connectivity index (χ3n) is 3.90. The van der Waals surface area contributed by atoms with Gasteiger partial charge in [0.25, 0.3) is 0 Å². The summed E-state index contributed by atoms with van der Waals surface area (Å²) in [5.74, 6) is -1.41. The molecule has 2 amide bonds. The number of hydrogen-bond acceptors (Lipinski definition) is 4. The van der Waals surface area contributed by atoms with E-state index < -0.39 is 11.7 Å². The van der Waals surface area contributed by atoms with Crippen molar-refractivity contribution in [1.29, 1.82) is 0 Å². The van der Waals surface area contributed by atoms with Crippen molar-refractivity contribution in [2.75, 3.05) is 26.2 Å². The van der Waals surface area contributed by atoms with E-state index in [1.54, 1.807) is 4.90 Å². The smallest absolute Gasteiger partial charge is 0.241 e. The number of hydrogen-bond donors (Lipinski definition) is 2. The minimum absolute atomic E-state index is 0.0894. The first-order chi connectivity index (χ1) is 11.0. The zero-order chi connectivity index (χ0) is 16.8. The Morgan fingerprint density at radius 1 is 1.26 bits per heavy atom. The first kappa shape index (κ1) is 17.1. The highest BCUT2D eigenvalue weighted by Gasteiger charge is 2.28. The highest BCUT2D eigenvalue weighted by molar-refractivity contribution is 5.98. The molecule has 0 saturated carbocycles.